The lowest BCUT2D eigenvalue weighted by atomic mass is 10.2. The average Bonchev–Trinajstić information content (AvgIpc) is 2.86. The lowest BCUT2D eigenvalue weighted by molar-refractivity contribution is 0.898. The number of nitrogens with zero attached hydrogens (tertiary/aromatic N) is 4. The fourth-order valence-corrected chi connectivity index (χ4v) is 2.08. The van der Waals surface area contributed by atoms with Crippen LogP contribution in [0.3, 0.4) is 0 Å². The maximum atomic E-state index is 5.79. The van der Waals surface area contributed by atoms with Gasteiger partial charge in [0.05, 0.1) is 6.33 Å². The van der Waals surface area contributed by atoms with E-state index < -0.39 is 0 Å². The van der Waals surface area contributed by atoms with E-state index in [1.807, 2.05) is 36.2 Å². The van der Waals surface area contributed by atoms with Crippen LogP contribution in [0.25, 0.3) is 11.2 Å². The molecule has 19 heavy (non-hydrogen) atoms. The maximum absolute atomic E-state index is 5.79. The minimum Gasteiger partial charge on any atom is -0.399 e. The molecule has 3 rings (SSSR count). The van der Waals surface area contributed by atoms with Crippen LogP contribution in [0.1, 0.15) is 5.56 Å². The summed E-state index contributed by atoms with van der Waals surface area (Å²) in [5.74, 6) is 0.824. The number of anilines is 2. The van der Waals surface area contributed by atoms with Gasteiger partial charge >= 0.3 is 0 Å². The van der Waals surface area contributed by atoms with E-state index in [1.165, 1.54) is 6.33 Å². The van der Waals surface area contributed by atoms with Crippen molar-refractivity contribution < 1.29 is 0 Å². The number of nitrogens with one attached hydrogen (secondary N) is 1. The van der Waals surface area contributed by atoms with Crippen LogP contribution in [0.5, 0.6) is 0 Å². The van der Waals surface area contributed by atoms with Gasteiger partial charge in [-0.25, -0.2) is 15.0 Å². The Morgan fingerprint density at radius 1 is 1.26 bits per heavy atom. The molecule has 6 nitrogen and oxygen atoms in total. The summed E-state index contributed by atoms with van der Waals surface area (Å²) < 4.78 is 0. The molecule has 0 aliphatic rings. The molecule has 2 aromatic heterocycles. The van der Waals surface area contributed by atoms with Crippen LogP contribution in [-0.2, 0) is 6.54 Å². The number of hydrogen-bond acceptors (Lipinski definition) is 5. The zero-order valence-electron chi connectivity index (χ0n) is 10.5. The Balaban J connectivity index is 1.91. The summed E-state index contributed by atoms with van der Waals surface area (Å²) in [7, 11) is 1.98. The van der Waals surface area contributed by atoms with Gasteiger partial charge in [-0.15, -0.1) is 0 Å². The standard InChI is InChI=1S/C13H14N6/c1-19(6-9-3-2-4-10(14)5-9)13-11-12(16-7-15-11)17-8-18-13/h2-5,7-8H,6,14H2,1H3,(H,15,16,17,18). The molecule has 0 bridgehead atoms. The molecule has 3 aromatic rings. The molecule has 0 saturated heterocycles. The van der Waals surface area contributed by atoms with Gasteiger partial charge in [-0.05, 0) is 17.7 Å². The molecular weight excluding hydrogens is 240 g/mol. The highest BCUT2D eigenvalue weighted by Gasteiger charge is 2.10. The highest BCUT2D eigenvalue weighted by Crippen LogP contribution is 2.20. The lowest BCUT2D eigenvalue weighted by Crippen LogP contribution is -2.18. The molecule has 0 saturated carbocycles. The molecule has 6 heteroatoms. The lowest BCUT2D eigenvalue weighted by Gasteiger charge is -2.18. The Kier molecular flexibility index (Phi) is 2.75. The van der Waals surface area contributed by atoms with E-state index in [0.29, 0.717) is 5.65 Å². The van der Waals surface area contributed by atoms with E-state index in [0.717, 1.165) is 29.1 Å². The zero-order valence-corrected chi connectivity index (χ0v) is 10.5. The quantitative estimate of drug-likeness (QED) is 0.693. The van der Waals surface area contributed by atoms with Crippen molar-refractivity contribution in [2.24, 2.45) is 0 Å². The van der Waals surface area contributed by atoms with Gasteiger partial charge < -0.3 is 15.6 Å². The first kappa shape index (κ1) is 11.5. The Morgan fingerprint density at radius 2 is 2.16 bits per heavy atom. The molecule has 0 radical (unpaired) electrons. The molecular formula is C13H14N6. The van der Waals surface area contributed by atoms with Crippen molar-refractivity contribution in [3.05, 3.63) is 42.5 Å². The molecule has 3 N–H and O–H groups in total. The second-order valence-corrected chi connectivity index (χ2v) is 4.40. The molecule has 0 atom stereocenters. The number of H-pyrrole nitrogens is 1. The number of benzene rings is 1. The molecule has 0 amide bonds. The van der Waals surface area contributed by atoms with Crippen LogP contribution < -0.4 is 10.6 Å². The Bertz CT molecular complexity index is 705. The summed E-state index contributed by atoms with van der Waals surface area (Å²) in [4.78, 5) is 17.6. The number of rotatable bonds is 3. The van der Waals surface area contributed by atoms with Crippen LogP contribution in [0, 0.1) is 0 Å². The van der Waals surface area contributed by atoms with E-state index in [4.69, 9.17) is 5.73 Å². The van der Waals surface area contributed by atoms with Crippen LogP contribution in [0.4, 0.5) is 11.5 Å². The minimum atomic E-state index is 0.671. The molecule has 0 unspecified atom stereocenters. The first-order chi connectivity index (χ1) is 9.24. The van der Waals surface area contributed by atoms with Crippen LogP contribution in [0.15, 0.2) is 36.9 Å². The van der Waals surface area contributed by atoms with Crippen LogP contribution in [-0.4, -0.2) is 27.0 Å². The smallest absolute Gasteiger partial charge is 0.182 e. The number of fused-ring (bicyclic) bond motifs is 1. The van der Waals surface area contributed by atoms with Crippen molar-refractivity contribution in [1.29, 1.82) is 0 Å². The monoisotopic (exact) mass is 254 g/mol. The SMILES string of the molecule is CN(Cc1cccc(N)c1)c1ncnc2nc[nH]c12. The summed E-state index contributed by atoms with van der Waals surface area (Å²) in [5.41, 5.74) is 9.20. The van der Waals surface area contributed by atoms with Crippen molar-refractivity contribution in [3.63, 3.8) is 0 Å². The van der Waals surface area contributed by atoms with Gasteiger partial charge in [0.15, 0.2) is 11.5 Å². The topological polar surface area (TPSA) is 83.7 Å². The highest BCUT2D eigenvalue weighted by atomic mass is 15.2. The number of hydrogen-bond donors (Lipinski definition) is 2. The molecule has 0 spiro atoms. The molecule has 2 heterocycles. The zero-order chi connectivity index (χ0) is 13.2. The van der Waals surface area contributed by atoms with E-state index in [1.54, 1.807) is 6.33 Å². The molecule has 0 aliphatic carbocycles. The van der Waals surface area contributed by atoms with Crippen molar-refractivity contribution in [2.75, 3.05) is 17.7 Å². The number of aromatic nitrogens is 4. The second kappa shape index (κ2) is 4.56. The van der Waals surface area contributed by atoms with Crippen LogP contribution >= 0.6 is 0 Å². The van der Waals surface area contributed by atoms with Gasteiger partial charge in [-0.3, -0.25) is 0 Å². The van der Waals surface area contributed by atoms with E-state index in [2.05, 4.69) is 19.9 Å². The van der Waals surface area contributed by atoms with Gasteiger partial charge in [0, 0.05) is 19.3 Å². The first-order valence-electron chi connectivity index (χ1n) is 5.93. The largest absolute Gasteiger partial charge is 0.399 e. The fourth-order valence-electron chi connectivity index (χ4n) is 2.08. The molecule has 0 fully saturated rings. The van der Waals surface area contributed by atoms with Crippen molar-refractivity contribution >= 4 is 22.7 Å². The van der Waals surface area contributed by atoms with Crippen molar-refractivity contribution in [1.82, 2.24) is 19.9 Å². The third kappa shape index (κ3) is 2.20. The van der Waals surface area contributed by atoms with Gasteiger partial charge in [0.25, 0.3) is 0 Å². The summed E-state index contributed by atoms with van der Waals surface area (Å²) >= 11 is 0. The van der Waals surface area contributed by atoms with Crippen molar-refractivity contribution in [3.8, 4) is 0 Å². The summed E-state index contributed by atoms with van der Waals surface area (Å²) in [6, 6.07) is 7.83. The Labute approximate surface area is 110 Å². The summed E-state index contributed by atoms with van der Waals surface area (Å²) in [6.07, 6.45) is 3.14. The minimum absolute atomic E-state index is 0.671. The summed E-state index contributed by atoms with van der Waals surface area (Å²) in [6.45, 7) is 0.718. The van der Waals surface area contributed by atoms with Gasteiger partial charge in [-0.1, -0.05) is 12.1 Å². The number of imidazole rings is 1. The summed E-state index contributed by atoms with van der Waals surface area (Å²) in [5, 5.41) is 0. The molecule has 0 aliphatic heterocycles. The van der Waals surface area contributed by atoms with Crippen molar-refractivity contribution in [2.45, 2.75) is 6.54 Å². The second-order valence-electron chi connectivity index (χ2n) is 4.40. The maximum Gasteiger partial charge on any atom is 0.182 e. The number of nitrogen functional groups attached to an aromatic ring is 1. The van der Waals surface area contributed by atoms with E-state index >= 15 is 0 Å². The van der Waals surface area contributed by atoms with E-state index in [9.17, 15) is 0 Å². The molecule has 1 aromatic carbocycles. The normalized spacial score (nSPS) is 10.8. The Morgan fingerprint density at radius 3 is 3.00 bits per heavy atom. The third-order valence-corrected chi connectivity index (χ3v) is 2.94. The highest BCUT2D eigenvalue weighted by molar-refractivity contribution is 5.82. The van der Waals surface area contributed by atoms with Gasteiger partial charge in [0.1, 0.15) is 11.8 Å². The van der Waals surface area contributed by atoms with Gasteiger partial charge in [0.2, 0.25) is 0 Å². The average molecular weight is 254 g/mol. The van der Waals surface area contributed by atoms with E-state index in [-0.39, 0.29) is 0 Å². The first-order valence-corrected chi connectivity index (χ1v) is 5.93. The number of nitrogens with two attached hydrogens (primary N) is 1. The molecule has 96 valence electrons. The number of aromatic amines is 1. The fraction of sp³-hybridized carbons (Fsp3) is 0.154. The third-order valence-electron chi connectivity index (χ3n) is 2.94. The van der Waals surface area contributed by atoms with Gasteiger partial charge in [-0.2, -0.15) is 0 Å². The predicted octanol–water partition coefficient (Wildman–Crippen LogP) is 1.57. The predicted molar refractivity (Wildman–Crippen MR) is 74.6 cm³/mol. The van der Waals surface area contributed by atoms with Crippen LogP contribution in [0.2, 0.25) is 0 Å². The Hall–Kier alpha value is -2.63.